The Morgan fingerprint density at radius 2 is 1.81 bits per heavy atom. The van der Waals surface area contributed by atoms with E-state index in [-0.39, 0.29) is 0 Å². The maximum absolute atomic E-state index is 5.86. The summed E-state index contributed by atoms with van der Waals surface area (Å²) in [5.41, 5.74) is 1.19. The SMILES string of the molecule is COc1ccc(CO[C@H](CI)C(C)C)cc1. The third kappa shape index (κ3) is 4.29. The van der Waals surface area contributed by atoms with E-state index in [1.54, 1.807) is 7.11 Å². The van der Waals surface area contributed by atoms with Crippen LogP contribution in [0.25, 0.3) is 0 Å². The van der Waals surface area contributed by atoms with Gasteiger partial charge in [-0.25, -0.2) is 0 Å². The minimum Gasteiger partial charge on any atom is -0.497 e. The second-order valence-electron chi connectivity index (χ2n) is 4.10. The maximum atomic E-state index is 5.86. The van der Waals surface area contributed by atoms with E-state index >= 15 is 0 Å². The number of methoxy groups -OCH3 is 1. The Balaban J connectivity index is 2.47. The van der Waals surface area contributed by atoms with E-state index in [1.165, 1.54) is 5.56 Å². The van der Waals surface area contributed by atoms with Crippen LogP contribution in [0.15, 0.2) is 24.3 Å². The van der Waals surface area contributed by atoms with Crippen LogP contribution in [0.3, 0.4) is 0 Å². The standard InChI is InChI=1S/C13H19IO2/c1-10(2)13(8-14)16-9-11-4-6-12(15-3)7-5-11/h4-7,10,13H,8-9H2,1-3H3/t13-/m1/s1. The summed E-state index contributed by atoms with van der Waals surface area (Å²) in [7, 11) is 1.68. The van der Waals surface area contributed by atoms with Crippen LogP contribution in [0.2, 0.25) is 0 Å². The van der Waals surface area contributed by atoms with Crippen molar-refractivity contribution in [3.63, 3.8) is 0 Å². The molecule has 0 fully saturated rings. The summed E-state index contributed by atoms with van der Waals surface area (Å²) in [6.07, 6.45) is 0.336. The summed E-state index contributed by atoms with van der Waals surface area (Å²) in [6, 6.07) is 8.02. The first-order chi connectivity index (χ1) is 7.67. The molecule has 0 spiro atoms. The fourth-order valence-electron chi connectivity index (χ4n) is 1.34. The molecule has 1 aromatic rings. The molecule has 2 nitrogen and oxygen atoms in total. The first kappa shape index (κ1) is 13.8. The maximum Gasteiger partial charge on any atom is 0.118 e. The minimum atomic E-state index is 0.336. The zero-order valence-corrected chi connectivity index (χ0v) is 12.2. The van der Waals surface area contributed by atoms with Crippen LogP contribution in [0.4, 0.5) is 0 Å². The lowest BCUT2D eigenvalue weighted by Gasteiger charge is -2.19. The number of hydrogen-bond acceptors (Lipinski definition) is 2. The smallest absolute Gasteiger partial charge is 0.118 e. The highest BCUT2D eigenvalue weighted by Crippen LogP contribution is 2.15. The van der Waals surface area contributed by atoms with Gasteiger partial charge in [0.2, 0.25) is 0 Å². The lowest BCUT2D eigenvalue weighted by atomic mass is 10.1. The van der Waals surface area contributed by atoms with Crippen LogP contribution in [0, 0.1) is 5.92 Å². The molecular formula is C13H19IO2. The van der Waals surface area contributed by atoms with Crippen LogP contribution < -0.4 is 4.74 Å². The molecule has 0 saturated carbocycles. The largest absolute Gasteiger partial charge is 0.497 e. The molecule has 1 aromatic carbocycles. The van der Waals surface area contributed by atoms with Crippen molar-refractivity contribution in [3.05, 3.63) is 29.8 Å². The normalized spacial score (nSPS) is 12.8. The second kappa shape index (κ2) is 7.12. The number of benzene rings is 1. The van der Waals surface area contributed by atoms with E-state index in [0.29, 0.717) is 18.6 Å². The van der Waals surface area contributed by atoms with E-state index in [9.17, 15) is 0 Å². The Hall–Kier alpha value is -0.290. The van der Waals surface area contributed by atoms with Crippen molar-refractivity contribution in [2.24, 2.45) is 5.92 Å². The van der Waals surface area contributed by atoms with E-state index in [4.69, 9.17) is 9.47 Å². The molecule has 1 atom stereocenters. The molecule has 3 heteroatoms. The van der Waals surface area contributed by atoms with E-state index < -0.39 is 0 Å². The molecule has 0 aliphatic heterocycles. The van der Waals surface area contributed by atoms with Crippen molar-refractivity contribution in [1.29, 1.82) is 0 Å². The molecule has 0 bridgehead atoms. The molecule has 1 rings (SSSR count). The molecule has 0 radical (unpaired) electrons. The Morgan fingerprint density at radius 3 is 2.25 bits per heavy atom. The van der Waals surface area contributed by atoms with E-state index in [1.807, 2.05) is 24.3 Å². The molecular weight excluding hydrogens is 315 g/mol. The first-order valence-electron chi connectivity index (χ1n) is 5.48. The summed E-state index contributed by atoms with van der Waals surface area (Å²) >= 11 is 2.37. The predicted octanol–water partition coefficient (Wildman–Crippen LogP) is 3.67. The van der Waals surface area contributed by atoms with Crippen molar-refractivity contribution < 1.29 is 9.47 Å². The van der Waals surface area contributed by atoms with Crippen molar-refractivity contribution in [2.75, 3.05) is 11.5 Å². The molecule has 0 amide bonds. The molecule has 0 aliphatic rings. The molecule has 16 heavy (non-hydrogen) atoms. The van der Waals surface area contributed by atoms with Crippen LogP contribution in [-0.4, -0.2) is 17.6 Å². The Kier molecular flexibility index (Phi) is 6.13. The average molecular weight is 334 g/mol. The number of rotatable bonds is 6. The van der Waals surface area contributed by atoms with Gasteiger partial charge in [0, 0.05) is 4.43 Å². The fraction of sp³-hybridized carbons (Fsp3) is 0.538. The average Bonchev–Trinajstić information content (AvgIpc) is 2.30. The van der Waals surface area contributed by atoms with Gasteiger partial charge < -0.3 is 9.47 Å². The zero-order chi connectivity index (χ0) is 12.0. The highest BCUT2D eigenvalue weighted by Gasteiger charge is 2.11. The van der Waals surface area contributed by atoms with Crippen molar-refractivity contribution in [3.8, 4) is 5.75 Å². The van der Waals surface area contributed by atoms with Gasteiger partial charge >= 0.3 is 0 Å². The summed E-state index contributed by atoms with van der Waals surface area (Å²) in [5.74, 6) is 1.45. The highest BCUT2D eigenvalue weighted by atomic mass is 127. The molecule has 0 aliphatic carbocycles. The van der Waals surface area contributed by atoms with E-state index in [0.717, 1.165) is 10.2 Å². The summed E-state index contributed by atoms with van der Waals surface area (Å²) < 4.78 is 12.0. The number of hydrogen-bond donors (Lipinski definition) is 0. The zero-order valence-electron chi connectivity index (χ0n) is 10.1. The summed E-state index contributed by atoms with van der Waals surface area (Å²) in [5, 5.41) is 0. The quantitative estimate of drug-likeness (QED) is 0.584. The predicted molar refractivity (Wildman–Crippen MR) is 75.3 cm³/mol. The fourth-order valence-corrected chi connectivity index (χ4v) is 2.61. The van der Waals surface area contributed by atoms with Crippen molar-refractivity contribution in [2.45, 2.75) is 26.6 Å². The molecule has 90 valence electrons. The third-order valence-corrected chi connectivity index (χ3v) is 3.39. The van der Waals surface area contributed by atoms with Crippen LogP contribution in [-0.2, 0) is 11.3 Å². The van der Waals surface area contributed by atoms with Gasteiger partial charge in [0.1, 0.15) is 5.75 Å². The Bertz CT molecular complexity index is 295. The monoisotopic (exact) mass is 334 g/mol. The highest BCUT2D eigenvalue weighted by molar-refractivity contribution is 14.1. The van der Waals surface area contributed by atoms with Gasteiger partial charge in [-0.2, -0.15) is 0 Å². The van der Waals surface area contributed by atoms with E-state index in [2.05, 4.69) is 36.4 Å². The Morgan fingerprint density at radius 1 is 1.19 bits per heavy atom. The first-order valence-corrected chi connectivity index (χ1v) is 7.00. The van der Waals surface area contributed by atoms with Gasteiger partial charge in [0.25, 0.3) is 0 Å². The second-order valence-corrected chi connectivity index (χ2v) is 4.98. The number of ether oxygens (including phenoxy) is 2. The van der Waals surface area contributed by atoms with Gasteiger partial charge in [-0.15, -0.1) is 0 Å². The molecule has 0 N–H and O–H groups in total. The summed E-state index contributed by atoms with van der Waals surface area (Å²) in [4.78, 5) is 0. The molecule has 0 unspecified atom stereocenters. The van der Waals surface area contributed by atoms with Gasteiger partial charge in [0.05, 0.1) is 19.8 Å². The van der Waals surface area contributed by atoms with Gasteiger partial charge in [-0.3, -0.25) is 0 Å². The van der Waals surface area contributed by atoms with Crippen LogP contribution >= 0.6 is 22.6 Å². The topological polar surface area (TPSA) is 18.5 Å². The van der Waals surface area contributed by atoms with Gasteiger partial charge in [-0.1, -0.05) is 48.6 Å². The van der Waals surface area contributed by atoms with Crippen LogP contribution in [0.1, 0.15) is 19.4 Å². The molecule has 0 heterocycles. The van der Waals surface area contributed by atoms with Crippen molar-refractivity contribution in [1.82, 2.24) is 0 Å². The van der Waals surface area contributed by atoms with Gasteiger partial charge in [0.15, 0.2) is 0 Å². The number of halogens is 1. The Labute approximate surface area is 111 Å². The minimum absolute atomic E-state index is 0.336. The third-order valence-electron chi connectivity index (χ3n) is 2.52. The van der Waals surface area contributed by atoms with Crippen LogP contribution in [0.5, 0.6) is 5.75 Å². The van der Waals surface area contributed by atoms with Crippen molar-refractivity contribution >= 4 is 22.6 Å². The summed E-state index contributed by atoms with van der Waals surface area (Å²) in [6.45, 7) is 5.06. The lowest BCUT2D eigenvalue weighted by molar-refractivity contribution is 0.0286. The number of alkyl halides is 1. The lowest BCUT2D eigenvalue weighted by Crippen LogP contribution is -2.21. The molecule has 0 aromatic heterocycles. The van der Waals surface area contributed by atoms with Gasteiger partial charge in [-0.05, 0) is 23.6 Å². The molecule has 0 saturated heterocycles.